The number of hydrogen-bond acceptors (Lipinski definition) is 4. The van der Waals surface area contributed by atoms with E-state index in [4.69, 9.17) is 0 Å². The van der Waals surface area contributed by atoms with Crippen LogP contribution in [0.15, 0.2) is 36.7 Å². The Labute approximate surface area is 137 Å². The number of nitrogens with one attached hydrogen (secondary N) is 1. The molecule has 2 heterocycles. The highest BCUT2D eigenvalue weighted by molar-refractivity contribution is 7.20. The highest BCUT2D eigenvalue weighted by Gasteiger charge is 2.19. The maximum atomic E-state index is 13.3. The molecule has 0 saturated carbocycles. The summed E-state index contributed by atoms with van der Waals surface area (Å²) in [6.45, 7) is 4.65. The first-order valence-electron chi connectivity index (χ1n) is 7.37. The fourth-order valence-electron chi connectivity index (χ4n) is 2.32. The molecule has 1 atom stereocenters. The molecule has 0 aliphatic carbocycles. The zero-order chi connectivity index (χ0) is 16.4. The van der Waals surface area contributed by atoms with Crippen LogP contribution < -0.4 is 5.32 Å². The van der Waals surface area contributed by atoms with E-state index in [0.29, 0.717) is 11.4 Å². The van der Waals surface area contributed by atoms with Crippen molar-refractivity contribution in [2.24, 2.45) is 5.92 Å². The molecule has 3 rings (SSSR count). The molecule has 0 saturated heterocycles. The highest BCUT2D eigenvalue weighted by Crippen LogP contribution is 2.26. The van der Waals surface area contributed by atoms with Crippen LogP contribution in [-0.4, -0.2) is 26.9 Å². The molecule has 0 bridgehead atoms. The summed E-state index contributed by atoms with van der Waals surface area (Å²) in [4.78, 5) is 13.1. The first-order valence-corrected chi connectivity index (χ1v) is 8.18. The van der Waals surface area contributed by atoms with Crippen molar-refractivity contribution in [3.63, 3.8) is 0 Å². The normalized spacial score (nSPS) is 12.7. The molecule has 0 radical (unpaired) electrons. The van der Waals surface area contributed by atoms with Gasteiger partial charge in [-0.05, 0) is 35.6 Å². The first-order chi connectivity index (χ1) is 11.0. The minimum atomic E-state index is -0.298. The van der Waals surface area contributed by atoms with E-state index in [1.807, 2.05) is 13.8 Å². The lowest BCUT2D eigenvalue weighted by Gasteiger charge is -2.21. The molecule has 0 unspecified atom stereocenters. The van der Waals surface area contributed by atoms with E-state index in [2.05, 4.69) is 15.6 Å². The Bertz CT molecular complexity index is 813. The number of amides is 1. The number of fused-ring (bicyclic) bond motifs is 1. The van der Waals surface area contributed by atoms with E-state index in [-0.39, 0.29) is 23.7 Å². The van der Waals surface area contributed by atoms with Gasteiger partial charge in [0.15, 0.2) is 0 Å². The topological polar surface area (TPSA) is 59.8 Å². The summed E-state index contributed by atoms with van der Waals surface area (Å²) in [6.07, 6.45) is 3.38. The monoisotopic (exact) mass is 332 g/mol. The number of carbonyl (C=O) groups is 1. The second kappa shape index (κ2) is 6.45. The van der Waals surface area contributed by atoms with Crippen molar-refractivity contribution >= 4 is 27.3 Å². The van der Waals surface area contributed by atoms with Crippen LogP contribution in [0.4, 0.5) is 4.39 Å². The summed E-state index contributed by atoms with van der Waals surface area (Å²) < 4.78 is 15.9. The van der Waals surface area contributed by atoms with Gasteiger partial charge in [0.05, 0.1) is 23.7 Å². The summed E-state index contributed by atoms with van der Waals surface area (Å²) in [7, 11) is 0. The summed E-state index contributed by atoms with van der Waals surface area (Å²) in [5.74, 6) is -0.200. The Kier molecular flexibility index (Phi) is 4.38. The molecule has 5 nitrogen and oxygen atoms in total. The zero-order valence-corrected chi connectivity index (χ0v) is 13.7. The summed E-state index contributed by atoms with van der Waals surface area (Å²) in [5.41, 5.74) is 0. The van der Waals surface area contributed by atoms with Crippen molar-refractivity contribution < 1.29 is 9.18 Å². The summed E-state index contributed by atoms with van der Waals surface area (Å²) in [5, 5.41) is 11.5. The van der Waals surface area contributed by atoms with Gasteiger partial charge < -0.3 is 5.32 Å². The van der Waals surface area contributed by atoms with Gasteiger partial charge in [-0.25, -0.2) is 4.39 Å². The Morgan fingerprint density at radius 2 is 2.22 bits per heavy atom. The van der Waals surface area contributed by atoms with Crippen molar-refractivity contribution in [3.05, 3.63) is 47.4 Å². The van der Waals surface area contributed by atoms with E-state index in [9.17, 15) is 9.18 Å². The molecule has 0 fully saturated rings. The molecule has 3 aromatic rings. The van der Waals surface area contributed by atoms with Crippen LogP contribution >= 0.6 is 11.3 Å². The number of thiophene rings is 1. The third kappa shape index (κ3) is 3.56. The SMILES string of the molecule is CC(C)[C@@H](Cn1ccnn1)NC(=O)c1cc2cc(F)ccc2s1. The maximum Gasteiger partial charge on any atom is 0.261 e. The average molecular weight is 332 g/mol. The van der Waals surface area contributed by atoms with E-state index in [1.165, 1.54) is 23.5 Å². The third-order valence-corrected chi connectivity index (χ3v) is 4.79. The molecule has 0 aliphatic rings. The van der Waals surface area contributed by atoms with Crippen molar-refractivity contribution in [1.82, 2.24) is 20.3 Å². The quantitative estimate of drug-likeness (QED) is 0.781. The van der Waals surface area contributed by atoms with Crippen LogP contribution in [0.3, 0.4) is 0 Å². The van der Waals surface area contributed by atoms with Gasteiger partial charge in [-0.1, -0.05) is 19.1 Å². The van der Waals surface area contributed by atoms with Gasteiger partial charge in [0, 0.05) is 10.9 Å². The summed E-state index contributed by atoms with van der Waals surface area (Å²) >= 11 is 1.36. The van der Waals surface area contributed by atoms with Crippen molar-refractivity contribution in [2.75, 3.05) is 0 Å². The van der Waals surface area contributed by atoms with Gasteiger partial charge in [0.2, 0.25) is 0 Å². The second-order valence-corrected chi connectivity index (χ2v) is 6.83. The van der Waals surface area contributed by atoms with Gasteiger partial charge in [-0.3, -0.25) is 9.48 Å². The first kappa shape index (κ1) is 15.6. The molecule has 1 amide bonds. The van der Waals surface area contributed by atoms with E-state index >= 15 is 0 Å². The fraction of sp³-hybridized carbons (Fsp3) is 0.312. The molecule has 23 heavy (non-hydrogen) atoms. The van der Waals surface area contributed by atoms with Gasteiger partial charge in [0.1, 0.15) is 5.82 Å². The fourth-order valence-corrected chi connectivity index (χ4v) is 3.27. The zero-order valence-electron chi connectivity index (χ0n) is 12.9. The minimum Gasteiger partial charge on any atom is -0.346 e. The Balaban J connectivity index is 1.77. The van der Waals surface area contributed by atoms with Gasteiger partial charge in [-0.2, -0.15) is 0 Å². The molecule has 7 heteroatoms. The standard InChI is InChI=1S/C16H17FN4OS/c1-10(2)13(9-21-6-5-18-20-21)19-16(22)15-8-11-7-12(17)3-4-14(11)23-15/h3-8,10,13H,9H2,1-2H3,(H,19,22)/t13-/m1/s1. The average Bonchev–Trinajstić information content (AvgIpc) is 3.14. The largest absolute Gasteiger partial charge is 0.346 e. The van der Waals surface area contributed by atoms with Crippen LogP contribution in [0.2, 0.25) is 0 Å². The van der Waals surface area contributed by atoms with Crippen LogP contribution in [0.5, 0.6) is 0 Å². The molecule has 120 valence electrons. The van der Waals surface area contributed by atoms with Gasteiger partial charge in [0.25, 0.3) is 5.91 Å². The predicted molar refractivity (Wildman–Crippen MR) is 87.9 cm³/mol. The maximum absolute atomic E-state index is 13.3. The lowest BCUT2D eigenvalue weighted by molar-refractivity contribution is 0.0923. The Morgan fingerprint density at radius 1 is 1.39 bits per heavy atom. The lowest BCUT2D eigenvalue weighted by atomic mass is 10.0. The van der Waals surface area contributed by atoms with Crippen LogP contribution in [0, 0.1) is 11.7 Å². The summed E-state index contributed by atoms with van der Waals surface area (Å²) in [6, 6.07) is 6.21. The smallest absolute Gasteiger partial charge is 0.261 e. The van der Waals surface area contributed by atoms with Crippen molar-refractivity contribution in [1.29, 1.82) is 0 Å². The van der Waals surface area contributed by atoms with Crippen molar-refractivity contribution in [2.45, 2.75) is 26.4 Å². The molecule has 0 spiro atoms. The number of halogens is 1. The number of hydrogen-bond donors (Lipinski definition) is 1. The molecular weight excluding hydrogens is 315 g/mol. The Hall–Kier alpha value is -2.28. The molecule has 2 aromatic heterocycles. The number of benzene rings is 1. The van der Waals surface area contributed by atoms with Crippen LogP contribution in [0.1, 0.15) is 23.5 Å². The number of carbonyl (C=O) groups excluding carboxylic acids is 1. The second-order valence-electron chi connectivity index (χ2n) is 5.74. The van der Waals surface area contributed by atoms with E-state index in [1.54, 1.807) is 29.2 Å². The van der Waals surface area contributed by atoms with Gasteiger partial charge in [-0.15, -0.1) is 16.4 Å². The predicted octanol–water partition coefficient (Wildman–Crippen LogP) is 3.09. The molecule has 0 aliphatic heterocycles. The lowest BCUT2D eigenvalue weighted by Crippen LogP contribution is -2.41. The Morgan fingerprint density at radius 3 is 2.91 bits per heavy atom. The van der Waals surface area contributed by atoms with Gasteiger partial charge >= 0.3 is 0 Å². The highest BCUT2D eigenvalue weighted by atomic mass is 32.1. The van der Waals surface area contributed by atoms with Crippen LogP contribution in [0.25, 0.3) is 10.1 Å². The third-order valence-electron chi connectivity index (χ3n) is 3.68. The number of aromatic nitrogens is 3. The molecule has 1 N–H and O–H groups in total. The minimum absolute atomic E-state index is 0.0638. The molecule has 1 aromatic carbocycles. The van der Waals surface area contributed by atoms with E-state index in [0.717, 1.165) is 10.1 Å². The van der Waals surface area contributed by atoms with Crippen LogP contribution in [-0.2, 0) is 6.54 Å². The number of rotatable bonds is 5. The van der Waals surface area contributed by atoms with E-state index < -0.39 is 0 Å². The number of nitrogens with zero attached hydrogens (tertiary/aromatic N) is 3. The molecular formula is C16H17FN4OS. The van der Waals surface area contributed by atoms with Crippen molar-refractivity contribution in [3.8, 4) is 0 Å².